The number of para-hydroxylation sites is 3. The molecule has 2 aliphatic rings. The molecular weight excluding hydrogens is 703 g/mol. The van der Waals surface area contributed by atoms with E-state index in [0.717, 1.165) is 50.1 Å². The molecule has 58 heavy (non-hydrogen) atoms. The maximum atomic E-state index is 6.48. The van der Waals surface area contributed by atoms with Gasteiger partial charge in [0.2, 0.25) is 0 Å². The lowest BCUT2D eigenvalue weighted by Gasteiger charge is -2.33. The van der Waals surface area contributed by atoms with Gasteiger partial charge in [-0.3, -0.25) is 0 Å². The highest BCUT2D eigenvalue weighted by Crippen LogP contribution is 2.63. The van der Waals surface area contributed by atoms with Crippen molar-refractivity contribution in [3.05, 3.63) is 234 Å². The molecule has 1 aromatic heterocycles. The second-order valence-electron chi connectivity index (χ2n) is 15.7. The van der Waals surface area contributed by atoms with Crippen LogP contribution in [0.1, 0.15) is 27.8 Å². The van der Waals surface area contributed by atoms with Crippen LogP contribution in [0.4, 0.5) is 17.1 Å². The molecule has 0 unspecified atom stereocenters. The second-order valence-corrected chi connectivity index (χ2v) is 15.7. The fraction of sp³-hybridized carbons (Fsp3) is 0.0357. The van der Waals surface area contributed by atoms with E-state index in [0.29, 0.717) is 0 Å². The Morgan fingerprint density at radius 2 is 0.931 bits per heavy atom. The number of rotatable bonds is 5. The molecule has 12 rings (SSSR count). The normalized spacial score (nSPS) is 13.1. The van der Waals surface area contributed by atoms with Crippen molar-refractivity contribution < 1.29 is 4.42 Å². The van der Waals surface area contributed by atoms with Crippen molar-refractivity contribution in [2.75, 3.05) is 4.90 Å². The van der Waals surface area contributed by atoms with E-state index >= 15 is 0 Å². The van der Waals surface area contributed by atoms with Crippen molar-refractivity contribution in [1.82, 2.24) is 0 Å². The predicted molar refractivity (Wildman–Crippen MR) is 240 cm³/mol. The van der Waals surface area contributed by atoms with Crippen LogP contribution in [0.25, 0.3) is 66.4 Å². The molecule has 0 fully saturated rings. The average Bonchev–Trinajstić information content (AvgIpc) is 3.91. The third-order valence-corrected chi connectivity index (χ3v) is 12.6. The summed E-state index contributed by atoms with van der Waals surface area (Å²) < 4.78 is 6.48. The summed E-state index contributed by atoms with van der Waals surface area (Å²) in [6, 6.07) is 75.6. The van der Waals surface area contributed by atoms with Crippen LogP contribution < -0.4 is 4.90 Å². The molecule has 0 N–H and O–H groups in total. The Balaban J connectivity index is 1.09. The highest BCUT2D eigenvalue weighted by molar-refractivity contribution is 6.09. The van der Waals surface area contributed by atoms with Gasteiger partial charge in [0.05, 0.1) is 11.1 Å². The Hall–Kier alpha value is -7.42. The molecule has 2 aliphatic carbocycles. The van der Waals surface area contributed by atoms with Gasteiger partial charge in [-0.2, -0.15) is 0 Å². The quantitative estimate of drug-likeness (QED) is 0.175. The number of benzene rings is 9. The Kier molecular flexibility index (Phi) is 7.09. The molecule has 0 bridgehead atoms. The molecule has 0 radical (unpaired) electrons. The SMILES string of the molecule is Cc1ccc2c(c1)C1(c3ccccc3-c3ccccc31)c1cc(N(c3ccc(-c4cccc5c4oc4ccccc45)cc3)c3ccccc3-c3ccccc3)ccc1-2. The van der Waals surface area contributed by atoms with Crippen molar-refractivity contribution >= 4 is 39.0 Å². The van der Waals surface area contributed by atoms with Crippen molar-refractivity contribution in [2.45, 2.75) is 12.3 Å². The first kappa shape index (κ1) is 32.8. The maximum Gasteiger partial charge on any atom is 0.143 e. The monoisotopic (exact) mass is 739 g/mol. The first-order valence-corrected chi connectivity index (χ1v) is 20.1. The van der Waals surface area contributed by atoms with Crippen molar-refractivity contribution in [3.63, 3.8) is 0 Å². The first-order chi connectivity index (χ1) is 28.7. The molecule has 9 aromatic carbocycles. The standard InChI is InChI=1S/C56H37NO/c1-36-26-32-45-46-33-31-40(35-52(46)56(51(45)34-36)49-22-9-5-17-43(49)44-18-6-10-23-50(44)56)57(53-24-11-7-16-41(53)37-14-3-2-4-15-37)39-29-27-38(28-30-39)42-20-13-21-48-47-19-8-12-25-54(47)58-55(42)48/h2-35H,1H3. The zero-order valence-electron chi connectivity index (χ0n) is 32.0. The number of hydrogen-bond donors (Lipinski definition) is 0. The molecule has 10 aromatic rings. The summed E-state index contributed by atoms with van der Waals surface area (Å²) >= 11 is 0. The van der Waals surface area contributed by atoms with Crippen LogP contribution in [0.5, 0.6) is 0 Å². The summed E-state index contributed by atoms with van der Waals surface area (Å²) in [5.74, 6) is 0. The minimum atomic E-state index is -0.445. The predicted octanol–water partition coefficient (Wildman–Crippen LogP) is 15.0. The molecule has 0 atom stereocenters. The number of aryl methyl sites for hydroxylation is 1. The summed E-state index contributed by atoms with van der Waals surface area (Å²) in [6.45, 7) is 2.22. The molecule has 1 heterocycles. The summed E-state index contributed by atoms with van der Waals surface area (Å²) in [4.78, 5) is 2.45. The van der Waals surface area contributed by atoms with Crippen LogP contribution in [0.15, 0.2) is 211 Å². The van der Waals surface area contributed by atoms with Crippen molar-refractivity contribution in [3.8, 4) is 44.5 Å². The Labute approximate surface area is 337 Å². The molecule has 2 heteroatoms. The fourth-order valence-electron chi connectivity index (χ4n) is 10.1. The topological polar surface area (TPSA) is 16.4 Å². The zero-order valence-corrected chi connectivity index (χ0v) is 32.0. The smallest absolute Gasteiger partial charge is 0.143 e. The van der Waals surface area contributed by atoms with E-state index in [-0.39, 0.29) is 0 Å². The van der Waals surface area contributed by atoms with Crippen LogP contribution >= 0.6 is 0 Å². The molecule has 0 saturated carbocycles. The van der Waals surface area contributed by atoms with E-state index in [2.05, 4.69) is 206 Å². The second kappa shape index (κ2) is 12.5. The van der Waals surface area contributed by atoms with E-state index in [4.69, 9.17) is 4.42 Å². The van der Waals surface area contributed by atoms with Gasteiger partial charge in [-0.1, -0.05) is 175 Å². The van der Waals surface area contributed by atoms with Crippen molar-refractivity contribution in [2.24, 2.45) is 0 Å². The van der Waals surface area contributed by atoms with Gasteiger partial charge in [-0.15, -0.1) is 0 Å². The summed E-state index contributed by atoms with van der Waals surface area (Å²) in [5, 5.41) is 2.27. The minimum Gasteiger partial charge on any atom is -0.455 e. The molecule has 0 aliphatic heterocycles. The Morgan fingerprint density at radius 1 is 0.379 bits per heavy atom. The van der Waals surface area contributed by atoms with Gasteiger partial charge in [0, 0.05) is 33.3 Å². The van der Waals surface area contributed by atoms with E-state index in [1.165, 1.54) is 61.2 Å². The van der Waals surface area contributed by atoms with Gasteiger partial charge in [-0.05, 0) is 99.0 Å². The van der Waals surface area contributed by atoms with E-state index in [1.807, 2.05) is 12.1 Å². The molecule has 272 valence electrons. The van der Waals surface area contributed by atoms with Gasteiger partial charge < -0.3 is 9.32 Å². The molecule has 1 spiro atoms. The number of furan rings is 1. The van der Waals surface area contributed by atoms with Gasteiger partial charge in [0.1, 0.15) is 11.2 Å². The lowest BCUT2D eigenvalue weighted by molar-refractivity contribution is 0.670. The minimum absolute atomic E-state index is 0.445. The Morgan fingerprint density at radius 3 is 1.71 bits per heavy atom. The maximum absolute atomic E-state index is 6.48. The lowest BCUT2D eigenvalue weighted by Crippen LogP contribution is -2.26. The van der Waals surface area contributed by atoms with Crippen LogP contribution in [-0.2, 0) is 5.41 Å². The fourth-order valence-corrected chi connectivity index (χ4v) is 10.1. The highest BCUT2D eigenvalue weighted by atomic mass is 16.3. The van der Waals surface area contributed by atoms with E-state index in [1.54, 1.807) is 0 Å². The number of anilines is 3. The number of nitrogens with zero attached hydrogens (tertiary/aromatic N) is 1. The van der Waals surface area contributed by atoms with Crippen LogP contribution in [-0.4, -0.2) is 0 Å². The van der Waals surface area contributed by atoms with E-state index in [9.17, 15) is 0 Å². The van der Waals surface area contributed by atoms with Crippen LogP contribution in [0.3, 0.4) is 0 Å². The summed E-state index contributed by atoms with van der Waals surface area (Å²) in [7, 11) is 0. The van der Waals surface area contributed by atoms with Gasteiger partial charge >= 0.3 is 0 Å². The van der Waals surface area contributed by atoms with Gasteiger partial charge in [0.15, 0.2) is 0 Å². The molecular formula is C56H37NO. The first-order valence-electron chi connectivity index (χ1n) is 20.1. The number of hydrogen-bond acceptors (Lipinski definition) is 2. The molecule has 0 saturated heterocycles. The number of fused-ring (bicyclic) bond motifs is 13. The zero-order chi connectivity index (χ0) is 38.4. The highest BCUT2D eigenvalue weighted by Gasteiger charge is 2.51. The Bertz CT molecular complexity index is 3200. The lowest BCUT2D eigenvalue weighted by atomic mass is 9.70. The van der Waals surface area contributed by atoms with Crippen molar-refractivity contribution in [1.29, 1.82) is 0 Å². The molecule has 0 amide bonds. The van der Waals surface area contributed by atoms with Crippen LogP contribution in [0, 0.1) is 6.92 Å². The van der Waals surface area contributed by atoms with Gasteiger partial charge in [-0.25, -0.2) is 0 Å². The summed E-state index contributed by atoms with van der Waals surface area (Å²) in [5.41, 5.74) is 21.1. The average molecular weight is 740 g/mol. The largest absolute Gasteiger partial charge is 0.455 e. The van der Waals surface area contributed by atoms with Crippen LogP contribution in [0.2, 0.25) is 0 Å². The third kappa shape index (κ3) is 4.60. The van der Waals surface area contributed by atoms with E-state index < -0.39 is 5.41 Å². The summed E-state index contributed by atoms with van der Waals surface area (Å²) in [6.07, 6.45) is 0. The third-order valence-electron chi connectivity index (χ3n) is 12.6. The van der Waals surface area contributed by atoms with Gasteiger partial charge in [0.25, 0.3) is 0 Å². The molecule has 2 nitrogen and oxygen atoms in total.